The number of amides is 2. The highest BCUT2D eigenvalue weighted by molar-refractivity contribution is 6.46. The van der Waals surface area contributed by atoms with Gasteiger partial charge in [-0.05, 0) is 54.3 Å². The van der Waals surface area contributed by atoms with Crippen molar-refractivity contribution in [2.24, 2.45) is 0 Å². The maximum absolute atomic E-state index is 13.5. The molecule has 34 heavy (non-hydrogen) atoms. The van der Waals surface area contributed by atoms with E-state index in [1.165, 1.54) is 12.1 Å². The minimum absolute atomic E-state index is 0.0626. The normalized spacial score (nSPS) is 14.4. The minimum Gasteiger partial charge on any atom is -0.350 e. The number of hydrogen-bond acceptors (Lipinski definition) is 3. The van der Waals surface area contributed by atoms with Crippen LogP contribution in [-0.2, 0) is 15.8 Å². The Kier molecular flexibility index (Phi) is 6.04. The lowest BCUT2D eigenvalue weighted by molar-refractivity contribution is -0.137. The van der Waals surface area contributed by atoms with Crippen LogP contribution in [0, 0.1) is 6.92 Å². The van der Waals surface area contributed by atoms with Gasteiger partial charge in [0.2, 0.25) is 0 Å². The van der Waals surface area contributed by atoms with E-state index in [-0.39, 0.29) is 22.9 Å². The first-order valence-corrected chi connectivity index (χ1v) is 10.8. The third-order valence-electron chi connectivity index (χ3n) is 5.70. The van der Waals surface area contributed by atoms with Crippen LogP contribution in [0.15, 0.2) is 78.5 Å². The molecule has 1 aliphatic heterocycles. The van der Waals surface area contributed by atoms with Crippen molar-refractivity contribution in [1.29, 1.82) is 0 Å². The van der Waals surface area contributed by atoms with Crippen LogP contribution >= 0.6 is 0 Å². The number of benzene rings is 3. The lowest BCUT2D eigenvalue weighted by atomic mass is 10.0. The molecule has 3 aromatic rings. The highest BCUT2D eigenvalue weighted by atomic mass is 19.4. The zero-order valence-corrected chi connectivity index (χ0v) is 18.9. The predicted molar refractivity (Wildman–Crippen MR) is 126 cm³/mol. The lowest BCUT2D eigenvalue weighted by Crippen LogP contribution is -2.32. The summed E-state index contributed by atoms with van der Waals surface area (Å²) in [5, 5.41) is 2.79. The van der Waals surface area contributed by atoms with Gasteiger partial charge in [-0.1, -0.05) is 61.9 Å². The summed E-state index contributed by atoms with van der Waals surface area (Å²) in [6, 6.07) is 18.7. The standard InChI is InChI=1S/C27H23F3N2O2/c1-16(2)18-11-13-22(14-12-18)32-25(33)23(19-9-7-17(3)8-10-19)24(26(32)34)31-21-6-4-5-20(15-21)27(28,29)30/h4-16,31H,1-3H3. The van der Waals surface area contributed by atoms with E-state index in [1.807, 2.05) is 45.0 Å². The molecule has 1 heterocycles. The molecule has 0 saturated carbocycles. The maximum atomic E-state index is 13.5. The van der Waals surface area contributed by atoms with E-state index in [4.69, 9.17) is 0 Å². The van der Waals surface area contributed by atoms with Crippen LogP contribution in [0.5, 0.6) is 0 Å². The summed E-state index contributed by atoms with van der Waals surface area (Å²) in [6.07, 6.45) is -4.54. The fourth-order valence-electron chi connectivity index (χ4n) is 3.79. The first kappa shape index (κ1) is 23.3. The Hall–Kier alpha value is -3.87. The third kappa shape index (κ3) is 4.46. The van der Waals surface area contributed by atoms with E-state index >= 15 is 0 Å². The van der Waals surface area contributed by atoms with Crippen LogP contribution in [0.2, 0.25) is 0 Å². The van der Waals surface area contributed by atoms with Gasteiger partial charge in [0.1, 0.15) is 5.70 Å². The molecule has 0 atom stereocenters. The zero-order chi connectivity index (χ0) is 24.6. The van der Waals surface area contributed by atoms with Crippen LogP contribution in [0.25, 0.3) is 5.57 Å². The van der Waals surface area contributed by atoms with Crippen molar-refractivity contribution in [3.8, 4) is 0 Å². The Labute approximate surface area is 195 Å². The molecule has 1 aliphatic rings. The molecule has 0 aromatic heterocycles. The summed E-state index contributed by atoms with van der Waals surface area (Å²) in [4.78, 5) is 28.0. The Balaban J connectivity index is 1.78. The number of anilines is 2. The molecule has 1 N–H and O–H groups in total. The van der Waals surface area contributed by atoms with Gasteiger partial charge in [0, 0.05) is 5.69 Å². The summed E-state index contributed by atoms with van der Waals surface area (Å²) < 4.78 is 39.6. The van der Waals surface area contributed by atoms with Gasteiger partial charge in [-0.25, -0.2) is 4.90 Å². The summed E-state index contributed by atoms with van der Waals surface area (Å²) >= 11 is 0. The molecule has 0 bridgehead atoms. The number of halogens is 3. The number of carbonyl (C=O) groups excluding carboxylic acids is 2. The van der Waals surface area contributed by atoms with E-state index in [0.29, 0.717) is 11.3 Å². The average Bonchev–Trinajstić information content (AvgIpc) is 3.03. The molecule has 0 radical (unpaired) electrons. The number of imide groups is 1. The van der Waals surface area contributed by atoms with Crippen molar-refractivity contribution in [2.75, 3.05) is 10.2 Å². The fourth-order valence-corrected chi connectivity index (χ4v) is 3.79. The molecule has 0 aliphatic carbocycles. The van der Waals surface area contributed by atoms with Crippen molar-refractivity contribution in [1.82, 2.24) is 0 Å². The summed E-state index contributed by atoms with van der Waals surface area (Å²) in [6.45, 7) is 5.97. The molecule has 174 valence electrons. The van der Waals surface area contributed by atoms with Gasteiger partial charge >= 0.3 is 6.18 Å². The van der Waals surface area contributed by atoms with Gasteiger partial charge in [0.15, 0.2) is 0 Å². The molecule has 0 unspecified atom stereocenters. The molecular weight excluding hydrogens is 441 g/mol. The molecule has 4 rings (SSSR count). The van der Waals surface area contributed by atoms with E-state index in [0.717, 1.165) is 28.2 Å². The number of nitrogens with one attached hydrogen (secondary N) is 1. The van der Waals surface area contributed by atoms with E-state index in [2.05, 4.69) is 5.32 Å². The number of hydrogen-bond donors (Lipinski definition) is 1. The summed E-state index contributed by atoms with van der Waals surface area (Å²) in [5.74, 6) is -0.894. The number of rotatable bonds is 5. The summed E-state index contributed by atoms with van der Waals surface area (Å²) in [5.41, 5.74) is 2.16. The van der Waals surface area contributed by atoms with E-state index in [1.54, 1.807) is 24.3 Å². The molecule has 0 saturated heterocycles. The monoisotopic (exact) mass is 464 g/mol. The van der Waals surface area contributed by atoms with Gasteiger partial charge in [-0.15, -0.1) is 0 Å². The van der Waals surface area contributed by atoms with Crippen molar-refractivity contribution in [2.45, 2.75) is 32.9 Å². The molecular formula is C27H23F3N2O2. The largest absolute Gasteiger partial charge is 0.416 e. The topological polar surface area (TPSA) is 49.4 Å². The molecule has 3 aromatic carbocycles. The Morgan fingerprint density at radius 1 is 0.853 bits per heavy atom. The number of nitrogens with zero attached hydrogens (tertiary/aromatic N) is 1. The zero-order valence-electron chi connectivity index (χ0n) is 18.9. The summed E-state index contributed by atoms with van der Waals surface area (Å²) in [7, 11) is 0. The highest BCUT2D eigenvalue weighted by Crippen LogP contribution is 2.36. The number of aryl methyl sites for hydroxylation is 1. The Bertz CT molecular complexity index is 1270. The molecule has 2 amide bonds. The second-order valence-corrected chi connectivity index (χ2v) is 8.51. The first-order chi connectivity index (χ1) is 16.1. The van der Waals surface area contributed by atoms with E-state index in [9.17, 15) is 22.8 Å². The molecule has 7 heteroatoms. The molecule has 0 fully saturated rings. The Morgan fingerprint density at radius 2 is 1.50 bits per heavy atom. The van der Waals surface area contributed by atoms with Gasteiger partial charge < -0.3 is 5.32 Å². The van der Waals surface area contributed by atoms with Gasteiger partial charge in [-0.3, -0.25) is 9.59 Å². The van der Waals surface area contributed by atoms with Crippen LogP contribution in [-0.4, -0.2) is 11.8 Å². The van der Waals surface area contributed by atoms with Crippen molar-refractivity contribution in [3.05, 3.63) is 101 Å². The third-order valence-corrected chi connectivity index (χ3v) is 5.70. The van der Waals surface area contributed by atoms with Crippen molar-refractivity contribution in [3.63, 3.8) is 0 Å². The second kappa shape index (κ2) is 8.82. The minimum atomic E-state index is -4.54. The van der Waals surface area contributed by atoms with Crippen LogP contribution < -0.4 is 10.2 Å². The van der Waals surface area contributed by atoms with E-state index < -0.39 is 23.6 Å². The SMILES string of the molecule is Cc1ccc(C2=C(Nc3cccc(C(F)(F)F)c3)C(=O)N(c3ccc(C(C)C)cc3)C2=O)cc1. The van der Waals surface area contributed by atoms with Crippen molar-refractivity contribution < 1.29 is 22.8 Å². The lowest BCUT2D eigenvalue weighted by Gasteiger charge is -2.17. The molecule has 4 nitrogen and oxygen atoms in total. The average molecular weight is 464 g/mol. The predicted octanol–water partition coefficient (Wildman–Crippen LogP) is 6.53. The van der Waals surface area contributed by atoms with Gasteiger partial charge in [0.25, 0.3) is 11.8 Å². The second-order valence-electron chi connectivity index (χ2n) is 8.51. The van der Waals surface area contributed by atoms with Gasteiger partial charge in [-0.2, -0.15) is 13.2 Å². The van der Waals surface area contributed by atoms with Crippen LogP contribution in [0.1, 0.15) is 42.0 Å². The number of alkyl halides is 3. The van der Waals surface area contributed by atoms with Crippen LogP contribution in [0.3, 0.4) is 0 Å². The quantitative estimate of drug-likeness (QED) is 0.437. The first-order valence-electron chi connectivity index (χ1n) is 10.8. The fraction of sp³-hybridized carbons (Fsp3) is 0.185. The Morgan fingerprint density at radius 3 is 2.09 bits per heavy atom. The maximum Gasteiger partial charge on any atom is 0.416 e. The highest BCUT2D eigenvalue weighted by Gasteiger charge is 2.40. The van der Waals surface area contributed by atoms with Crippen LogP contribution in [0.4, 0.5) is 24.5 Å². The molecule has 0 spiro atoms. The van der Waals surface area contributed by atoms with Gasteiger partial charge in [0.05, 0.1) is 16.8 Å². The number of carbonyl (C=O) groups is 2. The van der Waals surface area contributed by atoms with Crippen molar-refractivity contribution >= 4 is 28.8 Å². The smallest absolute Gasteiger partial charge is 0.350 e.